The maximum Gasteiger partial charge on any atom is 0.173 e. The summed E-state index contributed by atoms with van der Waals surface area (Å²) in [6.07, 6.45) is 12.9. The van der Waals surface area contributed by atoms with Crippen molar-refractivity contribution >= 4 is 28.0 Å². The summed E-state index contributed by atoms with van der Waals surface area (Å²) in [5.41, 5.74) is 8.86. The number of phenols is 3. The highest BCUT2D eigenvalue weighted by molar-refractivity contribution is 6.06. The van der Waals surface area contributed by atoms with Crippen molar-refractivity contribution in [3.8, 4) is 46.7 Å². The number of aromatic hydroxyl groups is 3. The predicted octanol–water partition coefficient (Wildman–Crippen LogP) is 11.3. The third-order valence-electron chi connectivity index (χ3n) is 23.5. The van der Waals surface area contributed by atoms with E-state index in [0.717, 1.165) is 82.5 Å². The van der Waals surface area contributed by atoms with Crippen LogP contribution >= 0.6 is 0 Å². The Bertz CT molecular complexity index is 4050. The Hall–Kier alpha value is -7.86. The van der Waals surface area contributed by atoms with Crippen LogP contribution in [-0.2, 0) is 41.9 Å². The maximum absolute atomic E-state index is 15.9. The lowest BCUT2D eigenvalue weighted by Crippen LogP contribution is -2.40. The number of aromatic nitrogens is 1. The number of aliphatic hydroxyl groups excluding tert-OH is 5. The predicted molar refractivity (Wildman–Crippen MR) is 376 cm³/mol. The van der Waals surface area contributed by atoms with Gasteiger partial charge in [0, 0.05) is 98.2 Å². The summed E-state index contributed by atoms with van der Waals surface area (Å²) >= 11 is 0. The first-order valence-corrected chi connectivity index (χ1v) is 35.8. The molecule has 0 amide bonds. The number of hydrogen-bond donors (Lipinski definition) is 12. The Morgan fingerprint density at radius 1 is 0.722 bits per heavy atom. The number of dihydropyridines is 1. The zero-order valence-corrected chi connectivity index (χ0v) is 56.0. The van der Waals surface area contributed by atoms with Gasteiger partial charge in [-0.05, 0) is 197 Å². The van der Waals surface area contributed by atoms with Gasteiger partial charge in [0.05, 0.1) is 31.8 Å². The lowest BCUT2D eigenvalue weighted by atomic mass is 9.63. The standard InChI is InChI=1S/C82H96N4O11/c1-47-42-83-44-63(89)34-55-19-18-49-20-23-61(39-72(49)80(55)94)86-79-38-54(27-28-84-79)64-15-7-11-50-29-57(32-60(45-87)69(50)35-51-12-8-16-74(90)73(51)46-88)65-13-5-6-14-67(65)68-25-21-52-30-56(64)31-58(66(24-17-48-9-3-4-10-48)76(92)40-62-33-59(47)43-85-62)36-71(52)81(95)82(96)75(91)26-22-53-37-78(97-2)77(93)41-70(53)68/h5-6,8,12-14,16,18-20,23,27,33,37-39,41,43,47-48,50,52,56-58,60,63-64,66,68-69,71,76,82-90,92-94,96H,3-4,9-10,15,17,22,24,26,28-32,34-36,40,42,44-46H2,1-2H3. The van der Waals surface area contributed by atoms with Gasteiger partial charge in [-0.2, -0.15) is 0 Å². The van der Waals surface area contributed by atoms with Gasteiger partial charge >= 0.3 is 0 Å². The van der Waals surface area contributed by atoms with Crippen molar-refractivity contribution in [1.29, 1.82) is 0 Å². The lowest BCUT2D eigenvalue weighted by molar-refractivity contribution is -0.142. The highest BCUT2D eigenvalue weighted by Crippen LogP contribution is 2.51. The molecule has 97 heavy (non-hydrogen) atoms. The number of aromatic amines is 1. The van der Waals surface area contributed by atoms with Crippen LogP contribution < -0.4 is 20.7 Å². The molecule has 13 rings (SSSR count). The second kappa shape index (κ2) is 30.1. The smallest absolute Gasteiger partial charge is 0.173 e. The van der Waals surface area contributed by atoms with Crippen LogP contribution in [0.15, 0.2) is 121 Å². The fraction of sp³-hybridized carbons (Fsp3) is 0.488. The second-order valence-corrected chi connectivity index (χ2v) is 29.4. The minimum Gasteiger partial charge on any atom is -0.508 e. The summed E-state index contributed by atoms with van der Waals surface area (Å²) in [7, 11) is 1.48. The molecule has 2 aliphatic heterocycles. The normalized spacial score (nSPS) is 29.6. The molecule has 0 radical (unpaired) electrons. The molecule has 13 bridgehead atoms. The van der Waals surface area contributed by atoms with Crippen LogP contribution in [0.5, 0.6) is 23.0 Å². The van der Waals surface area contributed by atoms with Crippen molar-refractivity contribution < 1.29 is 55.2 Å². The number of allylic oxidation sites excluding steroid dienone is 2. The highest BCUT2D eigenvalue weighted by Gasteiger charge is 2.47. The van der Waals surface area contributed by atoms with Crippen molar-refractivity contribution in [3.05, 3.63) is 171 Å². The van der Waals surface area contributed by atoms with E-state index in [4.69, 9.17) is 4.74 Å². The quantitative estimate of drug-likeness (QED) is 0.0500. The van der Waals surface area contributed by atoms with Gasteiger partial charge in [-0.15, -0.1) is 5.92 Å². The molecule has 3 saturated carbocycles. The van der Waals surface area contributed by atoms with Gasteiger partial charge in [-0.25, -0.2) is 0 Å². The molecule has 12 N–H and O–H groups in total. The number of Topliss-reactive ketones (excluding diaryl/α,β-unsaturated/α-hetero) is 2. The number of anilines is 1. The average molecular weight is 1310 g/mol. The Morgan fingerprint density at radius 2 is 1.55 bits per heavy atom. The van der Waals surface area contributed by atoms with Crippen LogP contribution in [0.1, 0.15) is 158 Å². The average Bonchev–Trinajstić information content (AvgIpc) is 1.65. The van der Waals surface area contributed by atoms with Gasteiger partial charge in [-0.1, -0.05) is 117 Å². The molecule has 0 saturated heterocycles. The topological polar surface area (TPSA) is 257 Å². The number of H-pyrrole nitrogens is 1. The summed E-state index contributed by atoms with van der Waals surface area (Å²) in [5, 5.41) is 107. The molecule has 5 aromatic carbocycles. The van der Waals surface area contributed by atoms with Gasteiger partial charge in [-0.3, -0.25) is 9.59 Å². The number of methoxy groups -OCH3 is 1. The first-order valence-electron chi connectivity index (χ1n) is 35.8. The summed E-state index contributed by atoms with van der Waals surface area (Å²) in [4.78, 5) is 34.2. The molecule has 15 heteroatoms. The van der Waals surface area contributed by atoms with Gasteiger partial charge in [0.25, 0.3) is 0 Å². The Labute approximate surface area is 570 Å². The number of aliphatic hydroxyl groups is 5. The van der Waals surface area contributed by atoms with Crippen molar-refractivity contribution in [2.45, 2.75) is 159 Å². The fourth-order valence-corrected chi connectivity index (χ4v) is 18.2. The Morgan fingerprint density at radius 3 is 2.36 bits per heavy atom. The van der Waals surface area contributed by atoms with Crippen molar-refractivity contribution in [2.75, 3.05) is 38.7 Å². The zero-order chi connectivity index (χ0) is 67.4. The zero-order valence-electron chi connectivity index (χ0n) is 56.0. The van der Waals surface area contributed by atoms with Gasteiger partial charge in [0.2, 0.25) is 0 Å². The minimum absolute atomic E-state index is 0.0135. The fourth-order valence-electron chi connectivity index (χ4n) is 18.2. The molecule has 1 aromatic heterocycles. The number of carbonyl (C=O) groups is 2. The van der Waals surface area contributed by atoms with E-state index < -0.39 is 47.6 Å². The summed E-state index contributed by atoms with van der Waals surface area (Å²) in [5.74, 6) is 11.6. The number of aryl methyl sites for hydroxylation is 1. The summed E-state index contributed by atoms with van der Waals surface area (Å²) in [6, 6.07) is 28.9. The number of ether oxygens (including phenoxy) is 1. The van der Waals surface area contributed by atoms with E-state index in [9.17, 15) is 45.6 Å². The van der Waals surface area contributed by atoms with Gasteiger partial charge in [0.1, 0.15) is 17.3 Å². The van der Waals surface area contributed by atoms with E-state index in [2.05, 4.69) is 81.9 Å². The first kappa shape index (κ1) is 67.7. The van der Waals surface area contributed by atoms with Crippen LogP contribution in [0, 0.1) is 82.9 Å². The van der Waals surface area contributed by atoms with Crippen molar-refractivity contribution in [3.63, 3.8) is 0 Å². The molecule has 510 valence electrons. The summed E-state index contributed by atoms with van der Waals surface area (Å²) in [6.45, 7) is 3.00. The molecule has 0 spiro atoms. The van der Waals surface area contributed by atoms with E-state index >= 15 is 4.79 Å². The largest absolute Gasteiger partial charge is 0.508 e. The van der Waals surface area contributed by atoms with Crippen LogP contribution in [0.4, 0.5) is 5.69 Å². The molecular weight excluding hydrogens is 1220 g/mol. The van der Waals surface area contributed by atoms with E-state index in [0.29, 0.717) is 105 Å². The minimum atomic E-state index is -1.93. The molecule has 6 aromatic rings. The number of fused-ring (bicyclic) bond motifs is 15. The van der Waals surface area contributed by atoms with E-state index in [1.807, 2.05) is 54.7 Å². The monoisotopic (exact) mass is 1310 g/mol. The number of phenolic OH excluding ortho intramolecular Hbond substituents is 2. The highest BCUT2D eigenvalue weighted by atomic mass is 16.5. The number of rotatable bonds is 8. The van der Waals surface area contributed by atoms with Crippen molar-refractivity contribution in [1.82, 2.24) is 15.6 Å². The lowest BCUT2D eigenvalue weighted by Gasteiger charge is -2.41. The third kappa shape index (κ3) is 14.8. The Kier molecular flexibility index (Phi) is 21.0. The molecule has 5 aliphatic carbocycles. The SMILES string of the molecule is COc1cc2c(cc1O)C1C#CC3CC4CC(CC3C(=O)C(O)C(=O)CC2)C(CCC2CCCC2)C(O)Cc2cc(c[nH]2)C(C)CNCC(O)Cc2ccc3ccc(cc3c2O)NC2=CC(=CCN2)C4CC#CC2CC(CC(CO)C2Cc2cccc(O)c2CO)c2ccccc21. The molecule has 15 unspecified atom stereocenters. The second-order valence-electron chi connectivity index (χ2n) is 29.4. The molecule has 15 nitrogen and oxygen atoms in total. The molecular formula is C82H96N4O11. The first-order chi connectivity index (χ1) is 47.1. The van der Waals surface area contributed by atoms with Crippen LogP contribution in [0.3, 0.4) is 0 Å². The van der Waals surface area contributed by atoms with E-state index in [1.54, 1.807) is 24.3 Å². The van der Waals surface area contributed by atoms with Gasteiger partial charge in [0.15, 0.2) is 29.2 Å². The molecule has 3 heterocycles. The summed E-state index contributed by atoms with van der Waals surface area (Å²) < 4.78 is 5.73. The number of β-amino-alcohol motifs (C(OH)–C–C–N with tert-alkyl or cyclic N) is 1. The molecule has 7 aliphatic rings. The molecule has 15 atom stereocenters. The van der Waals surface area contributed by atoms with E-state index in [-0.39, 0.29) is 115 Å². The van der Waals surface area contributed by atoms with Crippen molar-refractivity contribution in [2.24, 2.45) is 59.2 Å². The van der Waals surface area contributed by atoms with Crippen LogP contribution in [0.2, 0.25) is 0 Å². The van der Waals surface area contributed by atoms with Crippen LogP contribution in [-0.4, -0.2) is 109 Å². The molecule has 3 fully saturated rings. The number of hydrogen-bond acceptors (Lipinski definition) is 14. The van der Waals surface area contributed by atoms with E-state index in [1.165, 1.54) is 7.11 Å². The number of nitrogens with one attached hydrogen (secondary N) is 4. The van der Waals surface area contributed by atoms with Crippen LogP contribution in [0.25, 0.3) is 10.8 Å². The van der Waals surface area contributed by atoms with Gasteiger partial charge < -0.3 is 66.5 Å². The third-order valence-corrected chi connectivity index (χ3v) is 23.5. The number of ketones is 2. The maximum atomic E-state index is 15.9. The number of carbonyl (C=O) groups excluding carboxylic acids is 2. The number of benzene rings is 5. The Balaban J connectivity index is 1.02.